The van der Waals surface area contributed by atoms with Crippen LogP contribution in [0, 0.1) is 0 Å². The zero-order valence-electron chi connectivity index (χ0n) is 14.2. The van der Waals surface area contributed by atoms with Gasteiger partial charge < -0.3 is 24.5 Å². The van der Waals surface area contributed by atoms with E-state index in [0.717, 1.165) is 22.3 Å². The molecule has 0 aliphatic heterocycles. The molecule has 0 saturated carbocycles. The highest BCUT2D eigenvalue weighted by Crippen LogP contribution is 2.39. The molecule has 0 aliphatic rings. The van der Waals surface area contributed by atoms with Gasteiger partial charge in [-0.1, -0.05) is 12.1 Å². The van der Waals surface area contributed by atoms with Crippen LogP contribution in [0.2, 0.25) is 0 Å². The van der Waals surface area contributed by atoms with Crippen molar-refractivity contribution < 1.29 is 13.8 Å². The number of fused-ring (bicyclic) bond motifs is 1. The molecule has 0 bridgehead atoms. The molecule has 3 N–H and O–H groups in total. The van der Waals surface area contributed by atoms with Gasteiger partial charge in [0, 0.05) is 11.8 Å². The molecule has 0 radical (unpaired) electrons. The third-order valence-electron chi connectivity index (χ3n) is 3.53. The first-order valence-electron chi connectivity index (χ1n) is 8.07. The number of H-pyrrole nitrogens is 1. The van der Waals surface area contributed by atoms with E-state index in [9.17, 15) is 0 Å². The van der Waals surface area contributed by atoms with Crippen LogP contribution in [0.4, 0.5) is 5.82 Å². The summed E-state index contributed by atoms with van der Waals surface area (Å²) in [5.74, 6) is 1.19. The van der Waals surface area contributed by atoms with Crippen molar-refractivity contribution in [3.63, 3.8) is 0 Å². The Hall–Kier alpha value is -2.21. The number of nitrogens with zero attached hydrogens (tertiary/aromatic N) is 2. The molecule has 0 atom stereocenters. The lowest BCUT2D eigenvalue weighted by molar-refractivity contribution is 0.243. The van der Waals surface area contributed by atoms with Crippen LogP contribution in [0.25, 0.3) is 22.2 Å². The minimum Gasteiger partial charge on any atom is -0.484 e. The maximum atomic E-state index is 6.01. The maximum Gasteiger partial charge on any atom is 0.211 e. The zero-order chi connectivity index (χ0) is 17.6. The van der Waals surface area contributed by atoms with Gasteiger partial charge in [0.05, 0.1) is 18.6 Å². The molecule has 0 aliphatic carbocycles. The number of aromatic amines is 1. The summed E-state index contributed by atoms with van der Waals surface area (Å²) in [4.78, 5) is 11.4. The first-order valence-corrected chi connectivity index (χ1v) is 9.43. The van der Waals surface area contributed by atoms with Crippen molar-refractivity contribution in [1.29, 1.82) is 0 Å². The van der Waals surface area contributed by atoms with Crippen molar-refractivity contribution in [2.24, 2.45) is 0 Å². The van der Waals surface area contributed by atoms with Crippen molar-refractivity contribution in [2.45, 2.75) is 13.8 Å². The summed E-state index contributed by atoms with van der Waals surface area (Å²) in [5.41, 5.74) is 8.64. The molecular weight excluding hydrogens is 339 g/mol. The molecule has 25 heavy (non-hydrogen) atoms. The van der Waals surface area contributed by atoms with E-state index in [1.54, 1.807) is 0 Å². The van der Waals surface area contributed by atoms with Gasteiger partial charge in [-0.05, 0) is 31.5 Å². The number of nitrogens with two attached hydrogens (primary N) is 1. The highest BCUT2D eigenvalue weighted by molar-refractivity contribution is 7.47. The highest BCUT2D eigenvalue weighted by Gasteiger charge is 2.13. The number of hydrogen-bond donors (Lipinski definition) is 2. The Balaban J connectivity index is 1.81. The van der Waals surface area contributed by atoms with Crippen molar-refractivity contribution in [3.05, 3.63) is 36.8 Å². The monoisotopic (exact) mass is 360 g/mol. The van der Waals surface area contributed by atoms with Gasteiger partial charge in [0.2, 0.25) is 8.38 Å². The van der Waals surface area contributed by atoms with E-state index in [1.165, 1.54) is 6.33 Å². The molecule has 0 unspecified atom stereocenters. The van der Waals surface area contributed by atoms with E-state index >= 15 is 0 Å². The summed E-state index contributed by atoms with van der Waals surface area (Å²) in [7, 11) is -1.04. The van der Waals surface area contributed by atoms with Crippen LogP contribution in [0.15, 0.2) is 36.8 Å². The summed E-state index contributed by atoms with van der Waals surface area (Å²) in [5, 5.41) is 0.811. The topological polar surface area (TPSA) is 95.3 Å². The van der Waals surface area contributed by atoms with E-state index < -0.39 is 8.38 Å². The van der Waals surface area contributed by atoms with Crippen molar-refractivity contribution in [2.75, 3.05) is 25.3 Å². The number of benzene rings is 1. The van der Waals surface area contributed by atoms with E-state index in [2.05, 4.69) is 15.0 Å². The summed E-state index contributed by atoms with van der Waals surface area (Å²) in [6.45, 7) is 5.09. The number of nitrogens with one attached hydrogen (secondary N) is 1. The summed E-state index contributed by atoms with van der Waals surface area (Å²) >= 11 is 0. The Morgan fingerprint density at radius 2 is 1.96 bits per heavy atom. The Kier molecular flexibility index (Phi) is 5.81. The van der Waals surface area contributed by atoms with Gasteiger partial charge in [-0.25, -0.2) is 9.97 Å². The average Bonchev–Trinajstić information content (AvgIpc) is 3.06. The number of aromatic nitrogens is 3. The molecule has 2 heterocycles. The molecule has 2 aromatic heterocycles. The molecule has 3 aromatic rings. The maximum absolute atomic E-state index is 6.01. The predicted molar refractivity (Wildman–Crippen MR) is 99.4 cm³/mol. The Morgan fingerprint density at radius 3 is 2.72 bits per heavy atom. The lowest BCUT2D eigenvalue weighted by atomic mass is 10.1. The van der Waals surface area contributed by atoms with Crippen molar-refractivity contribution in [3.8, 4) is 16.9 Å². The third-order valence-corrected chi connectivity index (χ3v) is 4.96. The van der Waals surface area contributed by atoms with Crippen LogP contribution in [-0.2, 0) is 9.05 Å². The molecule has 0 spiro atoms. The first kappa shape index (κ1) is 17.6. The highest BCUT2D eigenvalue weighted by atomic mass is 31.2. The number of hydrogen-bond acceptors (Lipinski definition) is 6. The SMILES string of the molecule is CCOP(COc1cccc(-c2c[nH]c3ncnc(N)c23)c1)OCC. The van der Waals surface area contributed by atoms with Gasteiger partial charge in [-0.3, -0.25) is 0 Å². The molecule has 0 fully saturated rings. The van der Waals surface area contributed by atoms with Crippen LogP contribution >= 0.6 is 8.38 Å². The largest absolute Gasteiger partial charge is 0.484 e. The van der Waals surface area contributed by atoms with Crippen LogP contribution in [0.1, 0.15) is 13.8 Å². The Bertz CT molecular complexity index is 834. The van der Waals surface area contributed by atoms with E-state index in [0.29, 0.717) is 31.0 Å². The van der Waals surface area contributed by atoms with Gasteiger partial charge in [-0.15, -0.1) is 0 Å². The fourth-order valence-electron chi connectivity index (χ4n) is 2.49. The van der Waals surface area contributed by atoms with Crippen molar-refractivity contribution in [1.82, 2.24) is 15.0 Å². The smallest absolute Gasteiger partial charge is 0.211 e. The van der Waals surface area contributed by atoms with E-state index in [4.69, 9.17) is 19.5 Å². The molecular formula is C17H21N4O3P. The molecule has 3 rings (SSSR count). The molecule has 0 saturated heterocycles. The van der Waals surface area contributed by atoms with Crippen LogP contribution in [0.3, 0.4) is 0 Å². The van der Waals surface area contributed by atoms with Gasteiger partial charge >= 0.3 is 0 Å². The van der Waals surface area contributed by atoms with E-state index in [-0.39, 0.29) is 0 Å². The van der Waals surface area contributed by atoms with Gasteiger partial charge in [-0.2, -0.15) is 0 Å². The zero-order valence-corrected chi connectivity index (χ0v) is 15.1. The van der Waals surface area contributed by atoms with Crippen LogP contribution in [-0.4, -0.2) is 34.5 Å². The molecule has 8 heteroatoms. The minimum absolute atomic E-state index is 0.388. The van der Waals surface area contributed by atoms with Crippen LogP contribution in [0.5, 0.6) is 5.75 Å². The average molecular weight is 360 g/mol. The lowest BCUT2D eigenvalue weighted by Crippen LogP contribution is -2.01. The molecule has 0 amide bonds. The minimum atomic E-state index is -1.04. The fraction of sp³-hybridized carbons (Fsp3) is 0.294. The van der Waals surface area contributed by atoms with E-state index in [1.807, 2.05) is 44.3 Å². The summed E-state index contributed by atoms with van der Waals surface area (Å²) in [6, 6.07) is 7.80. The predicted octanol–water partition coefficient (Wildman–Crippen LogP) is 3.93. The second-order valence-electron chi connectivity index (χ2n) is 5.15. The lowest BCUT2D eigenvalue weighted by Gasteiger charge is -2.16. The number of rotatable bonds is 8. The third kappa shape index (κ3) is 4.07. The molecule has 7 nitrogen and oxygen atoms in total. The molecule has 1 aromatic carbocycles. The second kappa shape index (κ2) is 8.25. The first-order chi connectivity index (χ1) is 12.2. The number of ether oxygens (including phenoxy) is 1. The fourth-order valence-corrected chi connectivity index (χ4v) is 3.55. The van der Waals surface area contributed by atoms with Crippen LogP contribution < -0.4 is 10.5 Å². The summed E-state index contributed by atoms with van der Waals surface area (Å²) in [6.07, 6.45) is 3.71. The second-order valence-corrected chi connectivity index (χ2v) is 6.59. The summed E-state index contributed by atoms with van der Waals surface area (Å²) < 4.78 is 17.0. The van der Waals surface area contributed by atoms with Gasteiger partial charge in [0.15, 0.2) is 6.35 Å². The van der Waals surface area contributed by atoms with Gasteiger partial charge in [0.25, 0.3) is 0 Å². The Labute approximate surface area is 147 Å². The quantitative estimate of drug-likeness (QED) is 0.591. The van der Waals surface area contributed by atoms with Gasteiger partial charge in [0.1, 0.15) is 23.5 Å². The number of nitrogen functional groups attached to an aromatic ring is 1. The standard InChI is InChI=1S/C17H21N4O3P/c1-3-23-25(24-4-2)11-22-13-7-5-6-12(8-13)14-9-19-17-15(14)16(18)20-10-21-17/h5-10H,3-4,11H2,1-2H3,(H3,18,19,20,21). The normalized spacial score (nSPS) is 11.3. The molecule has 132 valence electrons. The Morgan fingerprint density at radius 1 is 1.16 bits per heavy atom. The van der Waals surface area contributed by atoms with Crippen molar-refractivity contribution >= 4 is 25.2 Å². The number of anilines is 1.